The Labute approximate surface area is 131 Å². The van der Waals surface area contributed by atoms with Crippen molar-refractivity contribution in [3.8, 4) is 5.75 Å². The predicted molar refractivity (Wildman–Crippen MR) is 89.6 cm³/mol. The lowest BCUT2D eigenvalue weighted by Gasteiger charge is -2.11. The fourth-order valence-corrected chi connectivity index (χ4v) is 2.04. The maximum absolute atomic E-state index is 11.8. The molecule has 4 nitrogen and oxygen atoms in total. The Bertz CT molecular complexity index is 653. The second-order valence-corrected chi connectivity index (χ2v) is 5.29. The van der Waals surface area contributed by atoms with Crippen LogP contribution >= 0.6 is 0 Å². The Morgan fingerprint density at radius 2 is 1.77 bits per heavy atom. The van der Waals surface area contributed by atoms with Crippen molar-refractivity contribution in [1.29, 1.82) is 0 Å². The van der Waals surface area contributed by atoms with Gasteiger partial charge in [0.15, 0.2) is 0 Å². The summed E-state index contributed by atoms with van der Waals surface area (Å²) in [7, 11) is 0. The van der Waals surface area contributed by atoms with E-state index in [9.17, 15) is 4.79 Å². The highest BCUT2D eigenvalue weighted by molar-refractivity contribution is 5.89. The highest BCUT2D eigenvalue weighted by atomic mass is 16.5. The molecule has 0 aliphatic heterocycles. The summed E-state index contributed by atoms with van der Waals surface area (Å²) in [5.41, 5.74) is 4.24. The summed E-state index contributed by atoms with van der Waals surface area (Å²) in [5, 5.41) is 5.59. The van der Waals surface area contributed by atoms with E-state index in [2.05, 4.69) is 10.6 Å². The van der Waals surface area contributed by atoms with Gasteiger partial charge in [-0.25, -0.2) is 4.79 Å². The average molecular weight is 298 g/mol. The number of hydrogen-bond donors (Lipinski definition) is 2. The summed E-state index contributed by atoms with van der Waals surface area (Å²) in [6.45, 7) is 6.95. The van der Waals surface area contributed by atoms with Gasteiger partial charge in [0.25, 0.3) is 0 Å². The summed E-state index contributed by atoms with van der Waals surface area (Å²) < 4.78 is 5.63. The molecule has 0 radical (unpaired) electrons. The molecule has 0 spiro atoms. The van der Waals surface area contributed by atoms with Gasteiger partial charge in [0.2, 0.25) is 0 Å². The van der Waals surface area contributed by atoms with Gasteiger partial charge in [0.1, 0.15) is 12.4 Å². The number of urea groups is 1. The lowest BCUT2D eigenvalue weighted by Crippen LogP contribution is -2.32. The van der Waals surface area contributed by atoms with E-state index in [0.717, 1.165) is 22.6 Å². The van der Waals surface area contributed by atoms with E-state index in [1.54, 1.807) is 0 Å². The Morgan fingerprint density at radius 3 is 2.50 bits per heavy atom. The number of para-hydroxylation sites is 1. The molecule has 0 atom stereocenters. The van der Waals surface area contributed by atoms with Crippen LogP contribution in [0.15, 0.2) is 42.5 Å². The third-order valence-corrected chi connectivity index (χ3v) is 3.50. The van der Waals surface area contributed by atoms with E-state index in [1.165, 1.54) is 5.56 Å². The second kappa shape index (κ2) is 7.50. The largest absolute Gasteiger partial charge is 0.491 e. The third kappa shape index (κ3) is 4.52. The molecule has 0 aliphatic carbocycles. The molecule has 2 rings (SSSR count). The smallest absolute Gasteiger partial charge is 0.319 e. The molecule has 2 aromatic carbocycles. The first-order valence-corrected chi connectivity index (χ1v) is 7.37. The monoisotopic (exact) mass is 298 g/mol. The van der Waals surface area contributed by atoms with Crippen LogP contribution in [0.5, 0.6) is 5.75 Å². The van der Waals surface area contributed by atoms with Crippen LogP contribution in [0.2, 0.25) is 0 Å². The Kier molecular flexibility index (Phi) is 5.42. The van der Waals surface area contributed by atoms with Crippen LogP contribution in [0.25, 0.3) is 0 Å². The lowest BCUT2D eigenvalue weighted by atomic mass is 10.1. The first-order valence-electron chi connectivity index (χ1n) is 7.37. The van der Waals surface area contributed by atoms with Crippen LogP contribution in [0.4, 0.5) is 10.5 Å². The van der Waals surface area contributed by atoms with E-state index in [1.807, 2.05) is 63.2 Å². The van der Waals surface area contributed by atoms with Crippen molar-refractivity contribution in [2.75, 3.05) is 18.5 Å². The number of anilines is 1. The zero-order chi connectivity index (χ0) is 15.9. The molecule has 0 aliphatic rings. The summed E-state index contributed by atoms with van der Waals surface area (Å²) in [5.74, 6) is 0.846. The fraction of sp³-hybridized carbons (Fsp3) is 0.278. The molecule has 4 heteroatoms. The summed E-state index contributed by atoms with van der Waals surface area (Å²) in [6, 6.07) is 13.4. The minimum atomic E-state index is -0.225. The van der Waals surface area contributed by atoms with Gasteiger partial charge in [-0.3, -0.25) is 0 Å². The summed E-state index contributed by atoms with van der Waals surface area (Å²) in [6.07, 6.45) is 0. The van der Waals surface area contributed by atoms with Gasteiger partial charge in [0, 0.05) is 5.69 Å². The first-order chi connectivity index (χ1) is 10.6. The molecule has 0 heterocycles. The van der Waals surface area contributed by atoms with Gasteiger partial charge in [-0.05, 0) is 55.7 Å². The van der Waals surface area contributed by atoms with Crippen molar-refractivity contribution in [3.05, 3.63) is 59.2 Å². The Hall–Kier alpha value is -2.49. The predicted octanol–water partition coefficient (Wildman–Crippen LogP) is 3.81. The molecule has 0 fully saturated rings. The van der Waals surface area contributed by atoms with Crippen molar-refractivity contribution in [1.82, 2.24) is 5.32 Å². The van der Waals surface area contributed by atoms with Crippen molar-refractivity contribution in [2.45, 2.75) is 20.8 Å². The SMILES string of the molecule is Cc1ccc(NC(=O)NCCOc2ccccc2C)cc1C. The molecule has 0 aromatic heterocycles. The Balaban J connectivity index is 1.74. The van der Waals surface area contributed by atoms with Crippen molar-refractivity contribution >= 4 is 11.7 Å². The van der Waals surface area contributed by atoms with E-state index in [-0.39, 0.29) is 6.03 Å². The molecular formula is C18H22N2O2. The molecule has 22 heavy (non-hydrogen) atoms. The normalized spacial score (nSPS) is 10.1. The lowest BCUT2D eigenvalue weighted by molar-refractivity contribution is 0.247. The van der Waals surface area contributed by atoms with Gasteiger partial charge in [0.05, 0.1) is 6.54 Å². The van der Waals surface area contributed by atoms with Gasteiger partial charge in [-0.2, -0.15) is 0 Å². The zero-order valence-electron chi connectivity index (χ0n) is 13.3. The molecule has 2 N–H and O–H groups in total. The number of hydrogen-bond acceptors (Lipinski definition) is 2. The molecule has 0 unspecified atom stereocenters. The first kappa shape index (κ1) is 15.9. The quantitative estimate of drug-likeness (QED) is 0.825. The number of amides is 2. The molecule has 0 saturated carbocycles. The fourth-order valence-electron chi connectivity index (χ4n) is 2.04. The standard InChI is InChI=1S/C18H22N2O2/c1-13-8-9-16(12-15(13)3)20-18(21)19-10-11-22-17-7-5-4-6-14(17)2/h4-9,12H,10-11H2,1-3H3,(H2,19,20,21). The van der Waals surface area contributed by atoms with Gasteiger partial charge < -0.3 is 15.4 Å². The van der Waals surface area contributed by atoms with Crippen molar-refractivity contribution in [2.24, 2.45) is 0 Å². The number of carbonyl (C=O) groups excluding carboxylic acids is 1. The minimum Gasteiger partial charge on any atom is -0.491 e. The molecule has 0 bridgehead atoms. The van der Waals surface area contributed by atoms with Crippen LogP contribution in [0, 0.1) is 20.8 Å². The highest BCUT2D eigenvalue weighted by Gasteiger charge is 2.03. The van der Waals surface area contributed by atoms with Crippen LogP contribution < -0.4 is 15.4 Å². The maximum Gasteiger partial charge on any atom is 0.319 e. The van der Waals surface area contributed by atoms with E-state index < -0.39 is 0 Å². The van der Waals surface area contributed by atoms with Gasteiger partial charge >= 0.3 is 6.03 Å². The molecule has 0 saturated heterocycles. The zero-order valence-corrected chi connectivity index (χ0v) is 13.3. The topological polar surface area (TPSA) is 50.4 Å². The molecular weight excluding hydrogens is 276 g/mol. The highest BCUT2D eigenvalue weighted by Crippen LogP contribution is 2.16. The average Bonchev–Trinajstić information content (AvgIpc) is 2.49. The van der Waals surface area contributed by atoms with E-state index in [0.29, 0.717) is 13.2 Å². The van der Waals surface area contributed by atoms with Crippen LogP contribution in [-0.2, 0) is 0 Å². The maximum atomic E-state index is 11.8. The second-order valence-electron chi connectivity index (χ2n) is 5.29. The number of benzene rings is 2. The number of nitrogens with one attached hydrogen (secondary N) is 2. The van der Waals surface area contributed by atoms with Crippen LogP contribution in [0.3, 0.4) is 0 Å². The number of ether oxygens (including phenoxy) is 1. The third-order valence-electron chi connectivity index (χ3n) is 3.50. The van der Waals surface area contributed by atoms with Crippen LogP contribution in [0.1, 0.15) is 16.7 Å². The Morgan fingerprint density at radius 1 is 1.00 bits per heavy atom. The molecule has 2 aromatic rings. The molecule has 116 valence electrons. The van der Waals surface area contributed by atoms with E-state index in [4.69, 9.17) is 4.74 Å². The van der Waals surface area contributed by atoms with E-state index >= 15 is 0 Å². The van der Waals surface area contributed by atoms with Crippen molar-refractivity contribution < 1.29 is 9.53 Å². The summed E-state index contributed by atoms with van der Waals surface area (Å²) in [4.78, 5) is 11.8. The number of aryl methyl sites for hydroxylation is 3. The molecule has 2 amide bonds. The van der Waals surface area contributed by atoms with Crippen molar-refractivity contribution in [3.63, 3.8) is 0 Å². The minimum absolute atomic E-state index is 0.225. The summed E-state index contributed by atoms with van der Waals surface area (Å²) >= 11 is 0. The number of rotatable bonds is 5. The van der Waals surface area contributed by atoms with Crippen LogP contribution in [-0.4, -0.2) is 19.2 Å². The number of carbonyl (C=O) groups is 1. The van der Waals surface area contributed by atoms with Gasteiger partial charge in [-0.15, -0.1) is 0 Å². The van der Waals surface area contributed by atoms with Gasteiger partial charge in [-0.1, -0.05) is 24.3 Å².